The third kappa shape index (κ3) is 2.15. The fourth-order valence-corrected chi connectivity index (χ4v) is 4.31. The molecule has 0 aliphatic carbocycles. The van der Waals surface area contributed by atoms with Gasteiger partial charge in [-0.25, -0.2) is 0 Å². The zero-order valence-corrected chi connectivity index (χ0v) is 14.6. The van der Waals surface area contributed by atoms with Crippen LogP contribution in [0.1, 0.15) is 39.7 Å². The Hall–Kier alpha value is -1.96. The van der Waals surface area contributed by atoms with E-state index in [0.29, 0.717) is 0 Å². The third-order valence-electron chi connectivity index (χ3n) is 4.98. The second kappa shape index (κ2) is 4.53. The fourth-order valence-electron chi connectivity index (χ4n) is 4.31. The van der Waals surface area contributed by atoms with Crippen LogP contribution >= 0.6 is 0 Å². The lowest BCUT2D eigenvalue weighted by Gasteiger charge is -2.34. The van der Waals surface area contributed by atoms with Crippen molar-refractivity contribution in [2.24, 2.45) is 5.41 Å². The molecule has 0 atom stereocenters. The number of furan rings is 1. The van der Waals surface area contributed by atoms with Gasteiger partial charge in [0.2, 0.25) is 0 Å². The number of fused-ring (bicyclic) bond motifs is 3. The van der Waals surface area contributed by atoms with Gasteiger partial charge >= 0.3 is 0 Å². The first-order chi connectivity index (χ1) is 10.8. The van der Waals surface area contributed by atoms with Crippen molar-refractivity contribution in [2.75, 3.05) is 4.90 Å². The van der Waals surface area contributed by atoms with Gasteiger partial charge in [-0.2, -0.15) is 0 Å². The predicted octanol–water partition coefficient (Wildman–Crippen LogP) is 6.07. The molecule has 2 heteroatoms. The molecule has 0 spiro atoms. The third-order valence-corrected chi connectivity index (χ3v) is 4.98. The Kier molecular flexibility index (Phi) is 2.88. The summed E-state index contributed by atoms with van der Waals surface area (Å²) in [5.41, 5.74) is 4.73. The zero-order valence-electron chi connectivity index (χ0n) is 14.6. The molecule has 2 nitrogen and oxygen atoms in total. The average Bonchev–Trinajstić information content (AvgIpc) is 2.92. The SMILES string of the molecule is Cc1ccc2c(oc3ccccc32)c1N1[CH]C(C)(C)CC1(C)C. The number of para-hydroxylation sites is 1. The van der Waals surface area contributed by atoms with Crippen LogP contribution in [0.3, 0.4) is 0 Å². The first-order valence-electron chi connectivity index (χ1n) is 8.35. The Morgan fingerprint density at radius 2 is 1.70 bits per heavy atom. The number of anilines is 1. The van der Waals surface area contributed by atoms with Gasteiger partial charge in [0.05, 0.1) is 12.2 Å². The van der Waals surface area contributed by atoms with Crippen molar-refractivity contribution in [3.8, 4) is 0 Å². The van der Waals surface area contributed by atoms with Crippen molar-refractivity contribution in [1.29, 1.82) is 0 Å². The van der Waals surface area contributed by atoms with E-state index < -0.39 is 0 Å². The van der Waals surface area contributed by atoms with E-state index in [-0.39, 0.29) is 11.0 Å². The molecule has 2 aromatic carbocycles. The first kappa shape index (κ1) is 14.6. The highest BCUT2D eigenvalue weighted by molar-refractivity contribution is 6.09. The molecule has 0 unspecified atom stereocenters. The number of nitrogens with zero attached hydrogens (tertiary/aromatic N) is 1. The number of rotatable bonds is 1. The van der Waals surface area contributed by atoms with Crippen LogP contribution in [0.4, 0.5) is 5.69 Å². The summed E-state index contributed by atoms with van der Waals surface area (Å²) in [5.74, 6) is 0. The molecule has 0 N–H and O–H groups in total. The maximum Gasteiger partial charge on any atom is 0.158 e. The molecule has 119 valence electrons. The minimum Gasteiger partial charge on any atom is -0.454 e. The maximum absolute atomic E-state index is 6.28. The highest BCUT2D eigenvalue weighted by Gasteiger charge is 2.44. The van der Waals surface area contributed by atoms with E-state index in [1.54, 1.807) is 0 Å². The summed E-state index contributed by atoms with van der Waals surface area (Å²) < 4.78 is 6.28. The fraction of sp³-hybridized carbons (Fsp3) is 0.381. The van der Waals surface area contributed by atoms with Gasteiger partial charge in [-0.05, 0) is 44.2 Å². The summed E-state index contributed by atoms with van der Waals surface area (Å²) in [6.45, 7) is 13.8. The van der Waals surface area contributed by atoms with E-state index in [1.807, 2.05) is 6.07 Å². The quantitative estimate of drug-likeness (QED) is 0.542. The van der Waals surface area contributed by atoms with E-state index in [0.717, 1.165) is 17.6 Å². The molecule has 23 heavy (non-hydrogen) atoms. The van der Waals surface area contributed by atoms with Crippen molar-refractivity contribution in [3.05, 3.63) is 48.5 Å². The molecule has 0 saturated carbocycles. The van der Waals surface area contributed by atoms with E-state index in [9.17, 15) is 0 Å². The molecular formula is C21H24NO. The molecule has 1 fully saturated rings. The smallest absolute Gasteiger partial charge is 0.158 e. The molecule has 4 rings (SSSR count). The van der Waals surface area contributed by atoms with Crippen LogP contribution in [0.5, 0.6) is 0 Å². The second-order valence-corrected chi connectivity index (χ2v) is 8.18. The first-order valence-corrected chi connectivity index (χ1v) is 8.35. The van der Waals surface area contributed by atoms with Gasteiger partial charge < -0.3 is 9.32 Å². The molecule has 0 bridgehead atoms. The van der Waals surface area contributed by atoms with Gasteiger partial charge in [0.15, 0.2) is 5.58 Å². The number of hydrogen-bond donors (Lipinski definition) is 0. The molecule has 1 aliphatic heterocycles. The van der Waals surface area contributed by atoms with Gasteiger partial charge in [0.25, 0.3) is 0 Å². The largest absolute Gasteiger partial charge is 0.454 e. The zero-order chi connectivity index (χ0) is 16.4. The Morgan fingerprint density at radius 3 is 2.39 bits per heavy atom. The van der Waals surface area contributed by atoms with E-state index in [2.05, 4.69) is 76.4 Å². The van der Waals surface area contributed by atoms with Gasteiger partial charge in [0, 0.05) is 16.3 Å². The van der Waals surface area contributed by atoms with Crippen molar-refractivity contribution in [3.63, 3.8) is 0 Å². The molecular weight excluding hydrogens is 282 g/mol. The lowest BCUT2D eigenvalue weighted by molar-refractivity contribution is 0.388. The van der Waals surface area contributed by atoms with Crippen LogP contribution in [-0.2, 0) is 0 Å². The van der Waals surface area contributed by atoms with Gasteiger partial charge in [-0.3, -0.25) is 0 Å². The lowest BCUT2D eigenvalue weighted by atomic mass is 9.86. The summed E-state index contributed by atoms with van der Waals surface area (Å²) in [6.07, 6.45) is 1.13. The number of benzene rings is 2. The predicted molar refractivity (Wildman–Crippen MR) is 97.7 cm³/mol. The minimum absolute atomic E-state index is 0.0848. The van der Waals surface area contributed by atoms with E-state index in [4.69, 9.17) is 4.42 Å². The molecule has 1 aliphatic rings. The molecule has 1 saturated heterocycles. The van der Waals surface area contributed by atoms with Gasteiger partial charge in [-0.1, -0.05) is 44.2 Å². The molecule has 1 radical (unpaired) electrons. The van der Waals surface area contributed by atoms with Gasteiger partial charge in [-0.15, -0.1) is 0 Å². The Morgan fingerprint density at radius 1 is 0.957 bits per heavy atom. The van der Waals surface area contributed by atoms with Crippen LogP contribution < -0.4 is 4.90 Å². The summed E-state index contributed by atoms with van der Waals surface area (Å²) in [5, 5.41) is 2.40. The van der Waals surface area contributed by atoms with Crippen molar-refractivity contribution >= 4 is 27.6 Å². The highest BCUT2D eigenvalue weighted by Crippen LogP contribution is 2.49. The highest BCUT2D eigenvalue weighted by atomic mass is 16.3. The Labute approximate surface area is 138 Å². The topological polar surface area (TPSA) is 16.4 Å². The normalized spacial score (nSPS) is 19.8. The standard InChI is InChI=1S/C21H24NO/c1-14-10-11-16-15-8-6-7-9-17(15)23-19(16)18(14)22-13-20(2,3)12-21(22,4)5/h6-11,13H,12H2,1-5H3. The number of hydrogen-bond acceptors (Lipinski definition) is 2. The van der Waals surface area contributed by atoms with Crippen LogP contribution in [0, 0.1) is 18.9 Å². The average molecular weight is 306 g/mol. The Balaban J connectivity index is 2.01. The van der Waals surface area contributed by atoms with Crippen LogP contribution in [-0.4, -0.2) is 5.54 Å². The maximum atomic E-state index is 6.28. The summed E-state index contributed by atoms with van der Waals surface area (Å²) in [6, 6.07) is 12.7. The summed E-state index contributed by atoms with van der Waals surface area (Å²) >= 11 is 0. The van der Waals surface area contributed by atoms with Crippen molar-refractivity contribution in [2.45, 2.75) is 46.6 Å². The monoisotopic (exact) mass is 306 g/mol. The van der Waals surface area contributed by atoms with Crippen LogP contribution in [0.15, 0.2) is 40.8 Å². The lowest BCUT2D eigenvalue weighted by Crippen LogP contribution is -2.36. The summed E-state index contributed by atoms with van der Waals surface area (Å²) in [7, 11) is 0. The van der Waals surface area contributed by atoms with Gasteiger partial charge in [0.1, 0.15) is 5.58 Å². The molecule has 3 aromatic rings. The molecule has 1 aromatic heterocycles. The van der Waals surface area contributed by atoms with Crippen LogP contribution in [0.25, 0.3) is 21.9 Å². The summed E-state index contributed by atoms with van der Waals surface area (Å²) in [4.78, 5) is 2.44. The van der Waals surface area contributed by atoms with Crippen molar-refractivity contribution < 1.29 is 4.42 Å². The Bertz CT molecular complexity index is 901. The van der Waals surface area contributed by atoms with E-state index in [1.165, 1.54) is 22.0 Å². The molecule has 0 amide bonds. The van der Waals surface area contributed by atoms with Crippen molar-refractivity contribution in [1.82, 2.24) is 0 Å². The number of aryl methyl sites for hydroxylation is 1. The minimum atomic E-state index is 0.0848. The van der Waals surface area contributed by atoms with Crippen LogP contribution in [0.2, 0.25) is 0 Å². The molecule has 2 heterocycles. The second-order valence-electron chi connectivity index (χ2n) is 8.18. The van der Waals surface area contributed by atoms with E-state index >= 15 is 0 Å².